The highest BCUT2D eigenvalue weighted by Gasteiger charge is 2.18. The number of hydrogen-bond donors (Lipinski definition) is 1. The number of aliphatic hydroxyl groups is 1. The molecule has 0 amide bonds. The average Bonchev–Trinajstić information content (AvgIpc) is 2.42. The minimum absolute atomic E-state index is 0.0391. The molecule has 0 atom stereocenters. The highest BCUT2D eigenvalue weighted by atomic mass is 16.3. The predicted molar refractivity (Wildman–Crippen MR) is 70.5 cm³/mol. The van der Waals surface area contributed by atoms with Crippen molar-refractivity contribution in [3.63, 3.8) is 0 Å². The quantitative estimate of drug-likeness (QED) is 0.821. The molecule has 0 aliphatic rings. The third-order valence-corrected chi connectivity index (χ3v) is 2.99. The van der Waals surface area contributed by atoms with Crippen LogP contribution in [0.15, 0.2) is 0 Å². The Labute approximate surface area is 108 Å². The molecule has 0 saturated heterocycles. The summed E-state index contributed by atoms with van der Waals surface area (Å²) in [5, 5.41) is 26.8. The van der Waals surface area contributed by atoms with Crippen LogP contribution in [0.3, 0.4) is 0 Å². The summed E-state index contributed by atoms with van der Waals surface area (Å²) in [6.45, 7) is 7.20. The van der Waals surface area contributed by atoms with Crippen LogP contribution < -0.4 is 4.90 Å². The molecule has 0 unspecified atom stereocenters. The van der Waals surface area contributed by atoms with Gasteiger partial charge in [-0.25, -0.2) is 0 Å². The fourth-order valence-corrected chi connectivity index (χ4v) is 2.04. The van der Waals surface area contributed by atoms with Gasteiger partial charge in [-0.15, -0.1) is 5.10 Å². The van der Waals surface area contributed by atoms with Crippen molar-refractivity contribution in [1.82, 2.24) is 10.2 Å². The number of nitrogens with zero attached hydrogens (tertiary/aromatic N) is 4. The summed E-state index contributed by atoms with van der Waals surface area (Å²) >= 11 is 0. The lowest BCUT2D eigenvalue weighted by Crippen LogP contribution is -2.29. The average molecular weight is 248 g/mol. The van der Waals surface area contributed by atoms with Crippen LogP contribution >= 0.6 is 0 Å². The Kier molecular flexibility index (Phi) is 5.53. The molecule has 0 radical (unpaired) electrons. The minimum atomic E-state index is 0.0391. The number of aromatic nitrogens is 2. The molecule has 1 rings (SSSR count). The Morgan fingerprint density at radius 2 is 1.94 bits per heavy atom. The van der Waals surface area contributed by atoms with Crippen LogP contribution in [0.1, 0.15) is 37.6 Å². The summed E-state index contributed by atoms with van der Waals surface area (Å²) < 4.78 is 0. The van der Waals surface area contributed by atoms with Crippen LogP contribution in [-0.2, 0) is 12.8 Å². The van der Waals surface area contributed by atoms with Gasteiger partial charge in [-0.3, -0.25) is 0 Å². The van der Waals surface area contributed by atoms with Crippen LogP contribution in [0.2, 0.25) is 0 Å². The molecule has 5 nitrogen and oxygen atoms in total. The van der Waals surface area contributed by atoms with Crippen LogP contribution in [0, 0.1) is 11.3 Å². The van der Waals surface area contributed by atoms with E-state index in [1.165, 1.54) is 0 Å². The summed E-state index contributed by atoms with van der Waals surface area (Å²) in [5.41, 5.74) is 2.46. The smallest absolute Gasteiger partial charge is 0.169 e. The lowest BCUT2D eigenvalue weighted by atomic mass is 10.0. The predicted octanol–water partition coefficient (Wildman–Crippen LogP) is 1.29. The molecule has 98 valence electrons. The Morgan fingerprint density at radius 3 is 2.39 bits per heavy atom. The second-order valence-electron chi connectivity index (χ2n) is 3.95. The second kappa shape index (κ2) is 6.92. The highest BCUT2D eigenvalue weighted by Crippen LogP contribution is 2.22. The third-order valence-electron chi connectivity index (χ3n) is 2.99. The van der Waals surface area contributed by atoms with Crippen molar-refractivity contribution in [3.05, 3.63) is 16.8 Å². The van der Waals surface area contributed by atoms with Crippen molar-refractivity contribution in [1.29, 1.82) is 5.26 Å². The second-order valence-corrected chi connectivity index (χ2v) is 3.95. The van der Waals surface area contributed by atoms with E-state index >= 15 is 0 Å². The number of anilines is 1. The van der Waals surface area contributed by atoms with E-state index in [0.717, 1.165) is 24.1 Å². The van der Waals surface area contributed by atoms with Gasteiger partial charge in [0.15, 0.2) is 5.82 Å². The van der Waals surface area contributed by atoms with Gasteiger partial charge in [0.2, 0.25) is 0 Å². The van der Waals surface area contributed by atoms with E-state index in [2.05, 4.69) is 16.3 Å². The maximum absolute atomic E-state index is 9.36. The molecule has 1 aromatic heterocycles. The summed E-state index contributed by atoms with van der Waals surface area (Å²) in [6, 6.07) is 2.24. The van der Waals surface area contributed by atoms with Gasteiger partial charge >= 0.3 is 0 Å². The van der Waals surface area contributed by atoms with Gasteiger partial charge in [-0.2, -0.15) is 10.4 Å². The number of rotatable bonds is 6. The molecule has 1 heterocycles. The summed E-state index contributed by atoms with van der Waals surface area (Å²) in [6.07, 6.45) is 1.54. The Hall–Kier alpha value is -1.67. The fraction of sp³-hybridized carbons (Fsp3) is 0.615. The minimum Gasteiger partial charge on any atom is -0.395 e. The molecule has 0 aliphatic heterocycles. The topological polar surface area (TPSA) is 73.0 Å². The zero-order valence-electron chi connectivity index (χ0n) is 11.3. The maximum atomic E-state index is 9.36. The van der Waals surface area contributed by atoms with E-state index in [9.17, 15) is 5.26 Å². The molecule has 1 N–H and O–H groups in total. The Bertz CT molecular complexity index is 439. The van der Waals surface area contributed by atoms with E-state index in [4.69, 9.17) is 5.11 Å². The first-order valence-electron chi connectivity index (χ1n) is 6.37. The number of likely N-dealkylation sites (N-methyl/N-ethyl adjacent to an activating group) is 1. The SMILES string of the molecule is CCc1nnc(N(CC)CCO)c(C#N)c1CC. The van der Waals surface area contributed by atoms with Gasteiger partial charge in [0.25, 0.3) is 0 Å². The molecule has 18 heavy (non-hydrogen) atoms. The standard InChI is InChI=1S/C13H20N4O/c1-4-10-11(9-14)13(16-15-12(10)5-2)17(6-3)7-8-18/h18H,4-8H2,1-3H3. The van der Waals surface area contributed by atoms with Gasteiger partial charge < -0.3 is 10.0 Å². The Balaban J connectivity index is 3.32. The van der Waals surface area contributed by atoms with Crippen LogP contribution in [0.25, 0.3) is 0 Å². The van der Waals surface area contributed by atoms with Crippen molar-refractivity contribution >= 4 is 5.82 Å². The molecule has 0 fully saturated rings. The molecule has 1 aromatic rings. The van der Waals surface area contributed by atoms with E-state index < -0.39 is 0 Å². The summed E-state index contributed by atoms with van der Waals surface area (Å²) in [4.78, 5) is 1.88. The van der Waals surface area contributed by atoms with Crippen LogP contribution in [0.5, 0.6) is 0 Å². The third kappa shape index (κ3) is 2.77. The molecular weight excluding hydrogens is 228 g/mol. The van der Waals surface area contributed by atoms with Crippen molar-refractivity contribution in [2.45, 2.75) is 33.6 Å². The van der Waals surface area contributed by atoms with E-state index in [1.54, 1.807) is 0 Å². The van der Waals surface area contributed by atoms with E-state index in [0.29, 0.717) is 24.5 Å². The lowest BCUT2D eigenvalue weighted by Gasteiger charge is -2.22. The molecule has 5 heteroatoms. The first-order valence-corrected chi connectivity index (χ1v) is 6.37. The molecule has 0 aliphatic carbocycles. The maximum Gasteiger partial charge on any atom is 0.169 e. The van der Waals surface area contributed by atoms with Crippen molar-refractivity contribution in [3.8, 4) is 6.07 Å². The zero-order valence-corrected chi connectivity index (χ0v) is 11.3. The summed E-state index contributed by atoms with van der Waals surface area (Å²) in [7, 11) is 0. The zero-order chi connectivity index (χ0) is 13.5. The number of aliphatic hydroxyl groups excluding tert-OH is 1. The normalized spacial score (nSPS) is 10.2. The molecule has 0 bridgehead atoms. The van der Waals surface area contributed by atoms with Gasteiger partial charge in [-0.1, -0.05) is 13.8 Å². The number of hydrogen-bond acceptors (Lipinski definition) is 5. The van der Waals surface area contributed by atoms with Gasteiger partial charge in [0.05, 0.1) is 12.3 Å². The van der Waals surface area contributed by atoms with Crippen molar-refractivity contribution in [2.75, 3.05) is 24.6 Å². The fourth-order valence-electron chi connectivity index (χ4n) is 2.04. The van der Waals surface area contributed by atoms with Gasteiger partial charge in [0.1, 0.15) is 11.6 Å². The van der Waals surface area contributed by atoms with E-state index in [1.807, 2.05) is 25.7 Å². The highest BCUT2D eigenvalue weighted by molar-refractivity contribution is 5.58. The first kappa shape index (κ1) is 14.4. The molecular formula is C13H20N4O. The molecule has 0 aromatic carbocycles. The monoisotopic (exact) mass is 248 g/mol. The number of aryl methyl sites for hydroxylation is 1. The van der Waals surface area contributed by atoms with Crippen LogP contribution in [-0.4, -0.2) is 35.0 Å². The van der Waals surface area contributed by atoms with E-state index in [-0.39, 0.29) is 6.61 Å². The van der Waals surface area contributed by atoms with Crippen molar-refractivity contribution in [2.24, 2.45) is 0 Å². The Morgan fingerprint density at radius 1 is 1.22 bits per heavy atom. The molecule has 0 spiro atoms. The van der Waals surface area contributed by atoms with Crippen molar-refractivity contribution < 1.29 is 5.11 Å². The van der Waals surface area contributed by atoms with Gasteiger partial charge in [0, 0.05) is 13.1 Å². The largest absolute Gasteiger partial charge is 0.395 e. The first-order chi connectivity index (χ1) is 8.73. The molecule has 0 saturated carbocycles. The summed E-state index contributed by atoms with van der Waals surface area (Å²) in [5.74, 6) is 0.586. The number of nitriles is 1. The van der Waals surface area contributed by atoms with Crippen LogP contribution in [0.4, 0.5) is 5.82 Å². The lowest BCUT2D eigenvalue weighted by molar-refractivity contribution is 0.302. The van der Waals surface area contributed by atoms with Gasteiger partial charge in [-0.05, 0) is 25.3 Å².